The molecule has 0 amide bonds. The summed E-state index contributed by atoms with van der Waals surface area (Å²) in [6, 6.07) is 1.97. The molecule has 0 atom stereocenters. The number of hydrogen-bond acceptors (Lipinski definition) is 3. The number of aromatic nitrogens is 2. The molecule has 102 valence electrons. The normalized spacial score (nSPS) is 16.8. The van der Waals surface area contributed by atoms with Crippen LogP contribution >= 0.6 is 0 Å². The van der Waals surface area contributed by atoms with Gasteiger partial charge in [0.05, 0.1) is 12.2 Å². The van der Waals surface area contributed by atoms with Gasteiger partial charge in [-0.05, 0) is 17.1 Å². The summed E-state index contributed by atoms with van der Waals surface area (Å²) in [5, 5.41) is 0. The van der Waals surface area contributed by atoms with E-state index in [4.69, 9.17) is 4.99 Å². The van der Waals surface area contributed by atoms with Crippen LogP contribution in [0.3, 0.4) is 0 Å². The standard InChI is InChI=1S/C16H23N3/c1-15(2,3)13-11(12-7-8-17-10-19-12)9-18-14(13)16(4,5)6/h7-8,10H,9H2,1-6H3. The van der Waals surface area contributed by atoms with Gasteiger partial charge in [0.1, 0.15) is 6.33 Å². The molecule has 1 aromatic rings. The molecule has 0 fully saturated rings. The molecule has 2 rings (SSSR count). The highest BCUT2D eigenvalue weighted by Crippen LogP contribution is 2.41. The van der Waals surface area contributed by atoms with Gasteiger partial charge in [0.25, 0.3) is 0 Å². The Balaban J connectivity index is 2.58. The molecule has 3 nitrogen and oxygen atoms in total. The average molecular weight is 257 g/mol. The van der Waals surface area contributed by atoms with Crippen molar-refractivity contribution in [1.29, 1.82) is 0 Å². The average Bonchev–Trinajstić information content (AvgIpc) is 2.74. The number of allylic oxidation sites excluding steroid dienone is 1. The molecular formula is C16H23N3. The van der Waals surface area contributed by atoms with Crippen molar-refractivity contribution in [2.45, 2.75) is 41.5 Å². The zero-order valence-electron chi connectivity index (χ0n) is 12.8. The van der Waals surface area contributed by atoms with Gasteiger partial charge in [-0.3, -0.25) is 4.99 Å². The molecule has 19 heavy (non-hydrogen) atoms. The molecule has 2 heterocycles. The first-order chi connectivity index (χ1) is 8.71. The van der Waals surface area contributed by atoms with Crippen molar-refractivity contribution in [3.05, 3.63) is 29.9 Å². The SMILES string of the molecule is CC(C)(C)C1=NCC(c2ccncn2)=C1C(C)(C)C. The van der Waals surface area contributed by atoms with Gasteiger partial charge < -0.3 is 0 Å². The van der Waals surface area contributed by atoms with Crippen LogP contribution in [0.5, 0.6) is 0 Å². The number of nitrogens with zero attached hydrogens (tertiary/aromatic N) is 3. The summed E-state index contributed by atoms with van der Waals surface area (Å²) in [4.78, 5) is 13.2. The monoisotopic (exact) mass is 257 g/mol. The zero-order chi connectivity index (χ0) is 14.3. The first kappa shape index (κ1) is 13.9. The Labute approximate surface area is 115 Å². The predicted molar refractivity (Wildman–Crippen MR) is 80.2 cm³/mol. The van der Waals surface area contributed by atoms with E-state index in [1.807, 2.05) is 6.07 Å². The van der Waals surface area contributed by atoms with E-state index in [9.17, 15) is 0 Å². The number of rotatable bonds is 1. The van der Waals surface area contributed by atoms with Crippen LogP contribution in [0.2, 0.25) is 0 Å². The Morgan fingerprint density at radius 1 is 1.00 bits per heavy atom. The third-order valence-corrected chi connectivity index (χ3v) is 3.29. The van der Waals surface area contributed by atoms with Crippen molar-refractivity contribution in [1.82, 2.24) is 9.97 Å². The predicted octanol–water partition coefficient (Wildman–Crippen LogP) is 3.78. The van der Waals surface area contributed by atoms with Crippen LogP contribution in [-0.4, -0.2) is 22.2 Å². The van der Waals surface area contributed by atoms with Gasteiger partial charge in [0.2, 0.25) is 0 Å². The maximum atomic E-state index is 4.79. The Hall–Kier alpha value is -1.51. The Kier molecular flexibility index (Phi) is 3.33. The molecule has 0 bridgehead atoms. The summed E-state index contributed by atoms with van der Waals surface area (Å²) in [6.45, 7) is 14.1. The highest BCUT2D eigenvalue weighted by atomic mass is 14.9. The van der Waals surface area contributed by atoms with Crippen LogP contribution in [0.4, 0.5) is 0 Å². The van der Waals surface area contributed by atoms with Gasteiger partial charge in [-0.2, -0.15) is 0 Å². The van der Waals surface area contributed by atoms with E-state index in [2.05, 4.69) is 51.5 Å². The van der Waals surface area contributed by atoms with E-state index in [-0.39, 0.29) is 10.8 Å². The van der Waals surface area contributed by atoms with E-state index in [1.165, 1.54) is 16.9 Å². The molecule has 0 spiro atoms. The second kappa shape index (κ2) is 4.55. The van der Waals surface area contributed by atoms with Crippen molar-refractivity contribution >= 4 is 11.3 Å². The Morgan fingerprint density at radius 3 is 2.16 bits per heavy atom. The minimum absolute atomic E-state index is 0.0669. The lowest BCUT2D eigenvalue weighted by atomic mass is 9.74. The van der Waals surface area contributed by atoms with Gasteiger partial charge >= 0.3 is 0 Å². The zero-order valence-corrected chi connectivity index (χ0v) is 12.8. The molecule has 0 saturated heterocycles. The largest absolute Gasteiger partial charge is 0.284 e. The fraction of sp³-hybridized carbons (Fsp3) is 0.562. The van der Waals surface area contributed by atoms with E-state index in [0.29, 0.717) is 0 Å². The van der Waals surface area contributed by atoms with Crippen molar-refractivity contribution in [3.63, 3.8) is 0 Å². The van der Waals surface area contributed by atoms with Crippen molar-refractivity contribution in [2.24, 2.45) is 15.8 Å². The highest BCUT2D eigenvalue weighted by molar-refractivity contribution is 6.13. The molecule has 0 aliphatic carbocycles. The molecule has 0 unspecified atom stereocenters. The second-order valence-corrected chi connectivity index (χ2v) is 7.11. The summed E-state index contributed by atoms with van der Waals surface area (Å²) in [5.41, 5.74) is 4.95. The first-order valence-electron chi connectivity index (χ1n) is 6.76. The summed E-state index contributed by atoms with van der Waals surface area (Å²) in [5.74, 6) is 0. The lowest BCUT2D eigenvalue weighted by molar-refractivity contribution is 0.505. The van der Waals surface area contributed by atoms with Crippen LogP contribution in [-0.2, 0) is 0 Å². The van der Waals surface area contributed by atoms with Gasteiger partial charge in [-0.25, -0.2) is 9.97 Å². The smallest absolute Gasteiger partial charge is 0.116 e. The highest BCUT2D eigenvalue weighted by Gasteiger charge is 2.35. The van der Waals surface area contributed by atoms with Crippen molar-refractivity contribution in [3.8, 4) is 0 Å². The molecule has 1 aromatic heterocycles. The summed E-state index contributed by atoms with van der Waals surface area (Å²) in [7, 11) is 0. The topological polar surface area (TPSA) is 38.1 Å². The minimum atomic E-state index is 0.0669. The quantitative estimate of drug-likeness (QED) is 0.768. The van der Waals surface area contributed by atoms with Crippen molar-refractivity contribution < 1.29 is 0 Å². The van der Waals surface area contributed by atoms with Crippen LogP contribution in [0.25, 0.3) is 5.57 Å². The fourth-order valence-electron chi connectivity index (χ4n) is 2.56. The number of aliphatic imine (C=N–C) groups is 1. The summed E-state index contributed by atoms with van der Waals surface area (Å²) < 4.78 is 0. The third kappa shape index (κ3) is 2.75. The van der Waals surface area contributed by atoms with E-state index < -0.39 is 0 Å². The fourth-order valence-corrected chi connectivity index (χ4v) is 2.56. The van der Waals surface area contributed by atoms with Crippen LogP contribution < -0.4 is 0 Å². The molecule has 0 aromatic carbocycles. The molecule has 1 aliphatic heterocycles. The van der Waals surface area contributed by atoms with E-state index in [1.54, 1.807) is 12.5 Å². The second-order valence-electron chi connectivity index (χ2n) is 7.11. The lowest BCUT2D eigenvalue weighted by Gasteiger charge is -2.30. The van der Waals surface area contributed by atoms with Gasteiger partial charge in [-0.15, -0.1) is 0 Å². The minimum Gasteiger partial charge on any atom is -0.284 e. The van der Waals surface area contributed by atoms with E-state index >= 15 is 0 Å². The summed E-state index contributed by atoms with van der Waals surface area (Å²) in [6.07, 6.45) is 3.41. The molecule has 3 heteroatoms. The maximum Gasteiger partial charge on any atom is 0.116 e. The molecule has 0 N–H and O–H groups in total. The maximum absolute atomic E-state index is 4.79. The van der Waals surface area contributed by atoms with Crippen molar-refractivity contribution in [2.75, 3.05) is 6.54 Å². The van der Waals surface area contributed by atoms with Gasteiger partial charge in [-0.1, -0.05) is 41.5 Å². The van der Waals surface area contributed by atoms with Crippen LogP contribution in [0.15, 0.2) is 29.2 Å². The summed E-state index contributed by atoms with van der Waals surface area (Å²) >= 11 is 0. The van der Waals surface area contributed by atoms with Crippen LogP contribution in [0.1, 0.15) is 47.2 Å². The number of hydrogen-bond donors (Lipinski definition) is 0. The van der Waals surface area contributed by atoms with Gasteiger partial charge in [0, 0.05) is 22.9 Å². The molecular weight excluding hydrogens is 234 g/mol. The molecule has 0 radical (unpaired) electrons. The lowest BCUT2D eigenvalue weighted by Crippen LogP contribution is -2.27. The molecule has 0 saturated carbocycles. The Morgan fingerprint density at radius 2 is 1.68 bits per heavy atom. The van der Waals surface area contributed by atoms with Crippen LogP contribution in [0, 0.1) is 10.8 Å². The van der Waals surface area contributed by atoms with Gasteiger partial charge in [0.15, 0.2) is 0 Å². The molecule has 1 aliphatic rings. The Bertz CT molecular complexity index is 525. The third-order valence-electron chi connectivity index (χ3n) is 3.29. The first-order valence-corrected chi connectivity index (χ1v) is 6.76. The van der Waals surface area contributed by atoms with E-state index in [0.717, 1.165) is 12.2 Å².